The minimum atomic E-state index is 1.11. The first-order chi connectivity index (χ1) is 19.0. The van der Waals surface area contributed by atoms with Crippen LogP contribution in [0.15, 0.2) is 142 Å². The van der Waals surface area contributed by atoms with Crippen molar-refractivity contribution in [3.05, 3.63) is 142 Å². The molecule has 0 saturated heterocycles. The predicted molar refractivity (Wildman–Crippen MR) is 186 cm³/mol. The number of allylic oxidation sites excluding steroid dienone is 24. The van der Waals surface area contributed by atoms with Gasteiger partial charge in [0.1, 0.15) is 0 Å². The highest BCUT2D eigenvalue weighted by Crippen LogP contribution is 2.12. The van der Waals surface area contributed by atoms with E-state index in [9.17, 15) is 0 Å². The molecule has 0 amide bonds. The van der Waals surface area contributed by atoms with Crippen molar-refractivity contribution in [2.45, 2.75) is 108 Å². The predicted octanol–water partition coefficient (Wildman–Crippen LogP) is 13.2. The highest BCUT2D eigenvalue weighted by Gasteiger charge is 1.91. The van der Waals surface area contributed by atoms with E-state index in [0.29, 0.717) is 0 Å². The largest absolute Gasteiger partial charge is 0.0856 e. The molecule has 0 aromatic rings. The quantitative estimate of drug-likeness (QED) is 0.128. The van der Waals surface area contributed by atoms with Crippen LogP contribution in [0.4, 0.5) is 0 Å². The lowest BCUT2D eigenvalue weighted by Crippen LogP contribution is -1.80. The van der Waals surface area contributed by atoms with Gasteiger partial charge in [-0.15, -0.1) is 0 Å². The molecule has 0 heteroatoms. The molecule has 0 fully saturated rings. The molecular weight excluding hydrogens is 480 g/mol. The van der Waals surface area contributed by atoms with Gasteiger partial charge in [-0.3, -0.25) is 0 Å². The SMILES string of the molecule is CC(C)=CCC/C(C)=C/C=C/C(C)=C/C=C/C(C)=C/C=C/C=C(C)/C=C/C=C(/C)CC/C=C(\C)CCC=C(C)C. The molecule has 0 aromatic carbocycles. The topological polar surface area (TPSA) is 0 Å². The molecule has 0 aliphatic rings. The number of rotatable bonds is 17. The summed E-state index contributed by atoms with van der Waals surface area (Å²) in [5.74, 6) is 0. The maximum atomic E-state index is 2.39. The summed E-state index contributed by atoms with van der Waals surface area (Å²) >= 11 is 0. The zero-order valence-corrected chi connectivity index (χ0v) is 27.5. The van der Waals surface area contributed by atoms with Gasteiger partial charge in [0.05, 0.1) is 0 Å². The minimum absolute atomic E-state index is 1.11. The summed E-state index contributed by atoms with van der Waals surface area (Å²) in [6, 6.07) is 0. The minimum Gasteiger partial charge on any atom is -0.0856 e. The van der Waals surface area contributed by atoms with Gasteiger partial charge in [0.15, 0.2) is 0 Å². The van der Waals surface area contributed by atoms with E-state index >= 15 is 0 Å². The second kappa shape index (κ2) is 23.7. The molecule has 0 spiro atoms. The van der Waals surface area contributed by atoms with E-state index in [0.717, 1.165) is 32.1 Å². The molecule has 218 valence electrons. The Kier molecular flexibility index (Phi) is 21.9. The van der Waals surface area contributed by atoms with Crippen LogP contribution >= 0.6 is 0 Å². The maximum absolute atomic E-state index is 2.39. The summed E-state index contributed by atoms with van der Waals surface area (Å²) in [6.45, 7) is 21.7. The molecule has 0 atom stereocenters. The monoisotopic (exact) mass is 538 g/mol. The fourth-order valence-corrected chi connectivity index (χ4v) is 3.65. The zero-order valence-electron chi connectivity index (χ0n) is 27.5. The van der Waals surface area contributed by atoms with E-state index in [1.54, 1.807) is 0 Å². The van der Waals surface area contributed by atoms with Crippen molar-refractivity contribution in [3.8, 4) is 0 Å². The Morgan fingerprint density at radius 2 is 0.675 bits per heavy atom. The maximum Gasteiger partial charge on any atom is -0.0285 e. The van der Waals surface area contributed by atoms with Crippen molar-refractivity contribution in [1.82, 2.24) is 0 Å². The van der Waals surface area contributed by atoms with E-state index in [-0.39, 0.29) is 0 Å². The second-order valence-electron chi connectivity index (χ2n) is 11.4. The molecule has 0 saturated carbocycles. The molecule has 0 aliphatic heterocycles. The van der Waals surface area contributed by atoms with Gasteiger partial charge in [-0.05, 0) is 108 Å². The summed E-state index contributed by atoms with van der Waals surface area (Å²) in [4.78, 5) is 0. The van der Waals surface area contributed by atoms with Gasteiger partial charge in [0, 0.05) is 0 Å². The van der Waals surface area contributed by atoms with Gasteiger partial charge < -0.3 is 0 Å². The van der Waals surface area contributed by atoms with Crippen LogP contribution in [0.3, 0.4) is 0 Å². The summed E-state index contributed by atoms with van der Waals surface area (Å²) < 4.78 is 0. The van der Waals surface area contributed by atoms with Crippen molar-refractivity contribution in [1.29, 1.82) is 0 Å². The summed E-state index contributed by atoms with van der Waals surface area (Å²) in [7, 11) is 0. The Morgan fingerprint density at radius 3 is 1.07 bits per heavy atom. The molecule has 0 aliphatic carbocycles. The van der Waals surface area contributed by atoms with E-state index in [1.165, 1.54) is 51.0 Å². The Balaban J connectivity index is 4.60. The van der Waals surface area contributed by atoms with Gasteiger partial charge in [-0.1, -0.05) is 142 Å². The van der Waals surface area contributed by atoms with Crippen LogP contribution in [-0.4, -0.2) is 0 Å². The van der Waals surface area contributed by atoms with Crippen LogP contribution in [-0.2, 0) is 0 Å². The molecule has 40 heavy (non-hydrogen) atoms. The molecule has 0 rings (SSSR count). The molecule has 0 radical (unpaired) electrons. The Morgan fingerprint density at radius 1 is 0.350 bits per heavy atom. The first-order valence-corrected chi connectivity index (χ1v) is 15.0. The average Bonchev–Trinajstić information content (AvgIpc) is 2.86. The van der Waals surface area contributed by atoms with Gasteiger partial charge in [0.25, 0.3) is 0 Å². The first-order valence-electron chi connectivity index (χ1n) is 15.0. The van der Waals surface area contributed by atoms with Crippen LogP contribution < -0.4 is 0 Å². The van der Waals surface area contributed by atoms with Crippen LogP contribution in [0.25, 0.3) is 0 Å². The smallest absolute Gasteiger partial charge is 0.0285 e. The van der Waals surface area contributed by atoms with Crippen molar-refractivity contribution < 1.29 is 0 Å². The summed E-state index contributed by atoms with van der Waals surface area (Å²) in [5, 5.41) is 0. The zero-order chi connectivity index (χ0) is 30.2. The van der Waals surface area contributed by atoms with E-state index < -0.39 is 0 Å². The first kappa shape index (κ1) is 36.9. The van der Waals surface area contributed by atoms with Crippen molar-refractivity contribution in [3.63, 3.8) is 0 Å². The molecule has 0 N–H and O–H groups in total. The Labute approximate surface area is 249 Å². The highest BCUT2D eigenvalue weighted by molar-refractivity contribution is 5.31. The van der Waals surface area contributed by atoms with Gasteiger partial charge >= 0.3 is 0 Å². The third-order valence-electron chi connectivity index (χ3n) is 6.24. The molecule has 0 unspecified atom stereocenters. The number of hydrogen-bond acceptors (Lipinski definition) is 0. The third-order valence-corrected chi connectivity index (χ3v) is 6.24. The number of hydrogen-bond donors (Lipinski definition) is 0. The van der Waals surface area contributed by atoms with Crippen LogP contribution in [0.1, 0.15) is 108 Å². The Bertz CT molecular complexity index is 1100. The molecule has 0 aromatic heterocycles. The lowest BCUT2D eigenvalue weighted by molar-refractivity contribution is 0.918. The highest BCUT2D eigenvalue weighted by atomic mass is 14.0. The van der Waals surface area contributed by atoms with E-state index in [1.807, 2.05) is 0 Å². The Hall–Kier alpha value is -3.12. The van der Waals surface area contributed by atoms with Crippen molar-refractivity contribution >= 4 is 0 Å². The standard InChI is InChI=1S/C40H58/c1-33(2)19-13-23-37(7)27-17-31-39(9)29-15-25-35(5)21-11-12-22-36(6)26-16-30-40(10)32-18-28-38(8)24-14-20-34(3)4/h11-12,15-17,19-22,25-31H,13-14,18,23-24,32H2,1-10H3/b12-11+,25-15+,26-16+,31-17+,35-21+,36-22+,37-27+,38-28+,39-29+,40-30-. The average molecular weight is 539 g/mol. The van der Waals surface area contributed by atoms with E-state index in [2.05, 4.69) is 166 Å². The molecule has 0 nitrogen and oxygen atoms in total. The fraction of sp³-hybridized carbons (Fsp3) is 0.400. The van der Waals surface area contributed by atoms with Gasteiger partial charge in [-0.2, -0.15) is 0 Å². The third kappa shape index (κ3) is 25.2. The van der Waals surface area contributed by atoms with Crippen LogP contribution in [0.5, 0.6) is 0 Å². The molecule has 0 heterocycles. The molecule has 0 bridgehead atoms. The fourth-order valence-electron chi connectivity index (χ4n) is 3.65. The second-order valence-corrected chi connectivity index (χ2v) is 11.4. The molecular formula is C40H58. The lowest BCUT2D eigenvalue weighted by Gasteiger charge is -2.00. The van der Waals surface area contributed by atoms with Crippen molar-refractivity contribution in [2.75, 3.05) is 0 Å². The van der Waals surface area contributed by atoms with Gasteiger partial charge in [0.2, 0.25) is 0 Å². The lowest BCUT2D eigenvalue weighted by atomic mass is 10.1. The van der Waals surface area contributed by atoms with E-state index in [4.69, 9.17) is 0 Å². The van der Waals surface area contributed by atoms with Gasteiger partial charge in [-0.25, -0.2) is 0 Å². The summed E-state index contributed by atoms with van der Waals surface area (Å²) in [6.07, 6.45) is 41.8. The van der Waals surface area contributed by atoms with Crippen molar-refractivity contribution in [2.24, 2.45) is 0 Å². The van der Waals surface area contributed by atoms with Crippen LogP contribution in [0, 0.1) is 0 Å². The summed E-state index contributed by atoms with van der Waals surface area (Å²) in [5.41, 5.74) is 10.8. The van der Waals surface area contributed by atoms with Crippen LogP contribution in [0.2, 0.25) is 0 Å². The normalized spacial score (nSPS) is 14.8.